The van der Waals surface area contributed by atoms with Gasteiger partial charge in [-0.1, -0.05) is 80.1 Å². The van der Waals surface area contributed by atoms with Crippen LogP contribution in [0.2, 0.25) is 0 Å². The first-order chi connectivity index (χ1) is 16.5. The van der Waals surface area contributed by atoms with E-state index in [9.17, 15) is 0 Å². The maximum absolute atomic E-state index is 6.71. The second-order valence-electron chi connectivity index (χ2n) is 9.29. The molecule has 1 atom stereocenters. The molecular weight excluding hydrogens is 414 g/mol. The molecule has 0 aliphatic rings. The van der Waals surface area contributed by atoms with Gasteiger partial charge in [-0.25, -0.2) is 0 Å². The van der Waals surface area contributed by atoms with E-state index in [4.69, 9.17) is 9.41 Å². The van der Waals surface area contributed by atoms with E-state index in [1.54, 1.807) is 0 Å². The molecule has 5 aromatic rings. The molecule has 0 saturated heterocycles. The van der Waals surface area contributed by atoms with Crippen molar-refractivity contribution >= 4 is 38.4 Å². The smallest absolute Gasteiger partial charge is 0.145 e. The summed E-state index contributed by atoms with van der Waals surface area (Å²) < 4.78 is 6.71. The number of rotatable bonds is 5. The molecule has 1 heterocycles. The molecule has 170 valence electrons. The van der Waals surface area contributed by atoms with Crippen molar-refractivity contribution in [2.24, 2.45) is 10.9 Å². The highest BCUT2D eigenvalue weighted by molar-refractivity contribution is 6.22. The summed E-state index contributed by atoms with van der Waals surface area (Å²) in [4.78, 5) is 4.69. The Labute approximate surface area is 201 Å². The summed E-state index contributed by atoms with van der Waals surface area (Å²) in [6.45, 7) is 8.84. The van der Waals surface area contributed by atoms with Gasteiger partial charge >= 0.3 is 0 Å². The first kappa shape index (κ1) is 22.2. The molecule has 0 spiro atoms. The van der Waals surface area contributed by atoms with Crippen LogP contribution in [0.15, 0.2) is 93.9 Å². The third-order valence-electron chi connectivity index (χ3n) is 7.19. The van der Waals surface area contributed by atoms with Crippen molar-refractivity contribution in [1.82, 2.24) is 0 Å². The molecule has 4 aromatic carbocycles. The van der Waals surface area contributed by atoms with E-state index in [0.29, 0.717) is 5.92 Å². The van der Waals surface area contributed by atoms with E-state index in [-0.39, 0.29) is 0 Å². The summed E-state index contributed by atoms with van der Waals surface area (Å²) in [5.41, 5.74) is 8.85. The van der Waals surface area contributed by atoms with Crippen LogP contribution in [0, 0.1) is 12.8 Å². The molecule has 5 rings (SSSR count). The Kier molecular flexibility index (Phi) is 5.83. The Morgan fingerprint density at radius 1 is 0.882 bits per heavy atom. The highest BCUT2D eigenvalue weighted by Gasteiger charge is 2.18. The van der Waals surface area contributed by atoms with Crippen molar-refractivity contribution in [3.8, 4) is 11.1 Å². The van der Waals surface area contributed by atoms with Gasteiger partial charge in [-0.15, -0.1) is 0 Å². The molecule has 0 bridgehead atoms. The zero-order valence-electron chi connectivity index (χ0n) is 20.6. The normalized spacial score (nSPS) is 13.8. The van der Waals surface area contributed by atoms with Gasteiger partial charge in [-0.2, -0.15) is 0 Å². The minimum atomic E-state index is 0.521. The van der Waals surface area contributed by atoms with Gasteiger partial charge in [0.1, 0.15) is 11.2 Å². The van der Waals surface area contributed by atoms with E-state index >= 15 is 0 Å². The highest BCUT2D eigenvalue weighted by Crippen LogP contribution is 2.38. The molecule has 0 unspecified atom stereocenters. The van der Waals surface area contributed by atoms with E-state index in [1.165, 1.54) is 27.6 Å². The van der Waals surface area contributed by atoms with Crippen molar-refractivity contribution < 1.29 is 4.42 Å². The zero-order valence-corrected chi connectivity index (χ0v) is 20.6. The Morgan fingerprint density at radius 3 is 2.32 bits per heavy atom. The lowest BCUT2D eigenvalue weighted by Gasteiger charge is -2.12. The maximum Gasteiger partial charge on any atom is 0.145 e. The van der Waals surface area contributed by atoms with Crippen molar-refractivity contribution in [1.29, 1.82) is 0 Å². The summed E-state index contributed by atoms with van der Waals surface area (Å²) in [5.74, 6) is 0.521. The van der Waals surface area contributed by atoms with Crippen LogP contribution in [-0.2, 0) is 0 Å². The molecular formula is C32H31NO. The predicted octanol–water partition coefficient (Wildman–Crippen LogP) is 9.13. The van der Waals surface area contributed by atoms with Gasteiger partial charge in [0.05, 0.1) is 5.71 Å². The average Bonchev–Trinajstić information content (AvgIpc) is 3.26. The second-order valence-corrected chi connectivity index (χ2v) is 9.29. The van der Waals surface area contributed by atoms with Gasteiger partial charge in [0.2, 0.25) is 0 Å². The van der Waals surface area contributed by atoms with Crippen LogP contribution in [0.5, 0.6) is 0 Å². The van der Waals surface area contributed by atoms with Crippen LogP contribution in [0.4, 0.5) is 0 Å². The number of hydrogen-bond acceptors (Lipinski definition) is 2. The molecule has 0 fully saturated rings. The van der Waals surface area contributed by atoms with Gasteiger partial charge < -0.3 is 4.42 Å². The summed E-state index contributed by atoms with van der Waals surface area (Å²) in [7, 11) is 1.87. The number of aryl methyl sites for hydroxylation is 1. The van der Waals surface area contributed by atoms with E-state index in [2.05, 4.69) is 107 Å². The number of furan rings is 1. The van der Waals surface area contributed by atoms with Crippen LogP contribution in [-0.4, -0.2) is 12.8 Å². The third kappa shape index (κ3) is 3.74. The van der Waals surface area contributed by atoms with Crippen LogP contribution < -0.4 is 0 Å². The molecule has 2 heteroatoms. The highest BCUT2D eigenvalue weighted by atomic mass is 16.3. The molecule has 0 radical (unpaired) electrons. The van der Waals surface area contributed by atoms with Crippen molar-refractivity contribution in [2.45, 2.75) is 34.1 Å². The SMILES string of the molecule is CC[C@@H](C)C(C)=C/C(=N/C)c1c(C)ccc2c1oc1c3cc(-c4ccccc4)ccc3ccc21. The lowest BCUT2D eigenvalue weighted by atomic mass is 9.94. The fourth-order valence-electron chi connectivity index (χ4n) is 4.77. The molecule has 0 N–H and O–H groups in total. The lowest BCUT2D eigenvalue weighted by Crippen LogP contribution is -2.04. The maximum atomic E-state index is 6.71. The van der Waals surface area contributed by atoms with Crippen LogP contribution in [0.3, 0.4) is 0 Å². The minimum absolute atomic E-state index is 0.521. The summed E-state index contributed by atoms with van der Waals surface area (Å²) in [6, 6.07) is 25.9. The number of allylic oxidation sites excluding steroid dienone is 2. The average molecular weight is 446 g/mol. The standard InChI is InChI=1S/C32H31NO/c1-6-20(2)22(4)18-29(33-5)30-21(3)12-16-27-26-17-15-24-13-14-25(23-10-8-7-9-11-23)19-28(24)31(26)34-32(27)30/h7-20H,6H2,1-5H3/b22-18?,33-29-/t20-/m1/s1. The fourth-order valence-corrected chi connectivity index (χ4v) is 4.77. The number of hydrogen-bond donors (Lipinski definition) is 0. The lowest BCUT2D eigenvalue weighted by molar-refractivity contribution is 0.656. The van der Waals surface area contributed by atoms with Crippen molar-refractivity contribution in [3.63, 3.8) is 0 Å². The van der Waals surface area contributed by atoms with Crippen molar-refractivity contribution in [3.05, 3.63) is 95.6 Å². The van der Waals surface area contributed by atoms with E-state index in [1.807, 2.05) is 7.05 Å². The predicted molar refractivity (Wildman–Crippen MR) is 147 cm³/mol. The van der Waals surface area contributed by atoms with E-state index in [0.717, 1.165) is 45.0 Å². The first-order valence-corrected chi connectivity index (χ1v) is 12.1. The quantitative estimate of drug-likeness (QED) is 0.248. The minimum Gasteiger partial charge on any atom is -0.455 e. The Bertz CT molecular complexity index is 1570. The topological polar surface area (TPSA) is 25.5 Å². The fraction of sp³-hybridized carbons (Fsp3) is 0.219. The summed E-state index contributed by atoms with van der Waals surface area (Å²) >= 11 is 0. The summed E-state index contributed by atoms with van der Waals surface area (Å²) in [5, 5.41) is 4.60. The number of nitrogens with zero attached hydrogens (tertiary/aromatic N) is 1. The monoisotopic (exact) mass is 445 g/mol. The first-order valence-electron chi connectivity index (χ1n) is 12.1. The van der Waals surface area contributed by atoms with Crippen LogP contribution in [0.1, 0.15) is 38.3 Å². The molecule has 2 nitrogen and oxygen atoms in total. The number of benzene rings is 4. The van der Waals surface area contributed by atoms with E-state index < -0.39 is 0 Å². The molecule has 34 heavy (non-hydrogen) atoms. The molecule has 0 aliphatic carbocycles. The van der Waals surface area contributed by atoms with Gasteiger partial charge in [-0.3, -0.25) is 4.99 Å². The molecule has 1 aromatic heterocycles. The third-order valence-corrected chi connectivity index (χ3v) is 7.19. The zero-order chi connectivity index (χ0) is 23.8. The van der Waals surface area contributed by atoms with Crippen molar-refractivity contribution in [2.75, 3.05) is 7.05 Å². The van der Waals surface area contributed by atoms with Gasteiger partial charge in [0.25, 0.3) is 0 Å². The number of fused-ring (bicyclic) bond motifs is 5. The van der Waals surface area contributed by atoms with Gasteiger partial charge in [0, 0.05) is 28.8 Å². The largest absolute Gasteiger partial charge is 0.455 e. The van der Waals surface area contributed by atoms with Crippen LogP contribution >= 0.6 is 0 Å². The Balaban J connectivity index is 1.77. The molecule has 0 aliphatic heterocycles. The van der Waals surface area contributed by atoms with Gasteiger partial charge in [-0.05, 0) is 66.5 Å². The van der Waals surface area contributed by atoms with Gasteiger partial charge in [0.15, 0.2) is 0 Å². The molecule has 0 amide bonds. The number of aliphatic imine (C=N–C) groups is 1. The Morgan fingerprint density at radius 2 is 1.59 bits per heavy atom. The van der Waals surface area contributed by atoms with Crippen LogP contribution in [0.25, 0.3) is 43.8 Å². The Hall–Kier alpha value is -3.65. The molecule has 0 saturated carbocycles. The second kappa shape index (κ2) is 8.95. The summed E-state index contributed by atoms with van der Waals surface area (Å²) in [6.07, 6.45) is 3.34.